The standard InChI is InChI=1S/C17H22N2O4S2/c1-24-15-6-4-14(5-7-15)19-10-12(9-16(19)20)17(21)18-13-3-2-8-25(22,23)11-13/h4-7,12-13H,2-3,8-11H2,1H3,(H,18,21). The quantitative estimate of drug-likeness (QED) is 0.797. The van der Waals surface area contributed by atoms with Gasteiger partial charge in [-0.2, -0.15) is 0 Å². The highest BCUT2D eigenvalue weighted by Gasteiger charge is 2.36. The van der Waals surface area contributed by atoms with E-state index in [9.17, 15) is 18.0 Å². The van der Waals surface area contributed by atoms with Crippen LogP contribution in [0.1, 0.15) is 19.3 Å². The van der Waals surface area contributed by atoms with Crippen molar-refractivity contribution in [2.24, 2.45) is 5.92 Å². The molecule has 2 heterocycles. The van der Waals surface area contributed by atoms with Crippen LogP contribution < -0.4 is 10.2 Å². The molecule has 0 aliphatic carbocycles. The summed E-state index contributed by atoms with van der Waals surface area (Å²) in [4.78, 5) is 27.5. The van der Waals surface area contributed by atoms with Crippen LogP contribution in [-0.4, -0.2) is 50.6 Å². The van der Waals surface area contributed by atoms with Gasteiger partial charge in [-0.05, 0) is 43.4 Å². The summed E-state index contributed by atoms with van der Waals surface area (Å²) in [5.41, 5.74) is 0.790. The Balaban J connectivity index is 1.62. The lowest BCUT2D eigenvalue weighted by atomic mass is 10.1. The van der Waals surface area contributed by atoms with Crippen LogP contribution in [0.4, 0.5) is 5.69 Å². The fourth-order valence-electron chi connectivity index (χ4n) is 3.35. The Labute approximate surface area is 152 Å². The molecule has 25 heavy (non-hydrogen) atoms. The van der Waals surface area contributed by atoms with Gasteiger partial charge in [-0.1, -0.05) is 0 Å². The van der Waals surface area contributed by atoms with E-state index in [0.29, 0.717) is 19.4 Å². The normalized spacial score (nSPS) is 25.8. The van der Waals surface area contributed by atoms with Crippen LogP contribution in [0.5, 0.6) is 0 Å². The van der Waals surface area contributed by atoms with Crippen LogP contribution in [0.15, 0.2) is 29.2 Å². The SMILES string of the molecule is CSc1ccc(N2CC(C(=O)NC3CCCS(=O)(=O)C3)CC2=O)cc1. The number of thioether (sulfide) groups is 1. The minimum Gasteiger partial charge on any atom is -0.352 e. The molecule has 0 radical (unpaired) electrons. The zero-order valence-corrected chi connectivity index (χ0v) is 15.7. The first kappa shape index (κ1) is 18.3. The van der Waals surface area contributed by atoms with Crippen molar-refractivity contribution >= 4 is 39.1 Å². The Morgan fingerprint density at radius 3 is 2.64 bits per heavy atom. The highest BCUT2D eigenvalue weighted by molar-refractivity contribution is 7.98. The third-order valence-electron chi connectivity index (χ3n) is 4.69. The van der Waals surface area contributed by atoms with Gasteiger partial charge in [0.15, 0.2) is 9.84 Å². The van der Waals surface area contributed by atoms with Gasteiger partial charge in [0, 0.05) is 29.6 Å². The maximum atomic E-state index is 12.5. The van der Waals surface area contributed by atoms with E-state index in [1.165, 1.54) is 0 Å². The first-order valence-corrected chi connectivity index (χ1v) is 11.4. The summed E-state index contributed by atoms with van der Waals surface area (Å²) in [6.45, 7) is 0.336. The molecule has 2 amide bonds. The molecule has 2 aliphatic rings. The van der Waals surface area contributed by atoms with Crippen LogP contribution in [0.25, 0.3) is 0 Å². The molecule has 2 atom stereocenters. The van der Waals surface area contributed by atoms with E-state index in [4.69, 9.17) is 0 Å². The van der Waals surface area contributed by atoms with Crippen molar-refractivity contribution in [1.82, 2.24) is 5.32 Å². The van der Waals surface area contributed by atoms with E-state index in [1.54, 1.807) is 16.7 Å². The first-order chi connectivity index (χ1) is 11.9. The number of benzene rings is 1. The number of carbonyl (C=O) groups is 2. The van der Waals surface area contributed by atoms with Crippen molar-refractivity contribution in [3.63, 3.8) is 0 Å². The summed E-state index contributed by atoms with van der Waals surface area (Å²) >= 11 is 1.63. The molecule has 1 aromatic carbocycles. The number of hydrogen-bond donors (Lipinski definition) is 1. The smallest absolute Gasteiger partial charge is 0.227 e. The zero-order chi connectivity index (χ0) is 18.0. The first-order valence-electron chi connectivity index (χ1n) is 8.33. The molecule has 8 heteroatoms. The number of hydrogen-bond acceptors (Lipinski definition) is 5. The Morgan fingerprint density at radius 2 is 2.00 bits per heavy atom. The maximum absolute atomic E-state index is 12.5. The van der Waals surface area contributed by atoms with Gasteiger partial charge in [-0.15, -0.1) is 11.8 Å². The molecule has 0 bridgehead atoms. The van der Waals surface area contributed by atoms with E-state index in [-0.39, 0.29) is 35.8 Å². The van der Waals surface area contributed by atoms with Gasteiger partial charge in [-0.3, -0.25) is 9.59 Å². The second kappa shape index (κ2) is 7.37. The molecule has 2 unspecified atom stereocenters. The van der Waals surface area contributed by atoms with Gasteiger partial charge < -0.3 is 10.2 Å². The van der Waals surface area contributed by atoms with Crippen molar-refractivity contribution in [2.75, 3.05) is 29.2 Å². The monoisotopic (exact) mass is 382 g/mol. The van der Waals surface area contributed by atoms with E-state index in [1.807, 2.05) is 30.5 Å². The number of carbonyl (C=O) groups excluding carboxylic acids is 2. The molecule has 0 aromatic heterocycles. The lowest BCUT2D eigenvalue weighted by Gasteiger charge is -2.24. The highest BCUT2D eigenvalue weighted by atomic mass is 32.2. The summed E-state index contributed by atoms with van der Waals surface area (Å²) in [6, 6.07) is 7.34. The molecular formula is C17H22N2O4S2. The number of amides is 2. The van der Waals surface area contributed by atoms with Gasteiger partial charge in [0.2, 0.25) is 11.8 Å². The van der Waals surface area contributed by atoms with E-state index in [2.05, 4.69) is 5.32 Å². The van der Waals surface area contributed by atoms with Crippen LogP contribution in [0.3, 0.4) is 0 Å². The van der Waals surface area contributed by atoms with Crippen molar-refractivity contribution in [3.8, 4) is 0 Å². The van der Waals surface area contributed by atoms with Gasteiger partial charge in [-0.25, -0.2) is 8.42 Å². The largest absolute Gasteiger partial charge is 0.352 e. The third kappa shape index (κ3) is 4.36. The van der Waals surface area contributed by atoms with E-state index < -0.39 is 15.8 Å². The average molecular weight is 383 g/mol. The number of anilines is 1. The number of nitrogens with zero attached hydrogens (tertiary/aromatic N) is 1. The van der Waals surface area contributed by atoms with Crippen molar-refractivity contribution < 1.29 is 18.0 Å². The zero-order valence-electron chi connectivity index (χ0n) is 14.1. The lowest BCUT2D eigenvalue weighted by molar-refractivity contribution is -0.126. The molecule has 2 aliphatic heterocycles. The minimum absolute atomic E-state index is 0.000727. The van der Waals surface area contributed by atoms with Gasteiger partial charge in [0.25, 0.3) is 0 Å². The molecule has 0 saturated carbocycles. The van der Waals surface area contributed by atoms with Gasteiger partial charge >= 0.3 is 0 Å². The molecule has 6 nitrogen and oxygen atoms in total. The van der Waals surface area contributed by atoms with Crippen LogP contribution in [0.2, 0.25) is 0 Å². The molecule has 136 valence electrons. The summed E-state index contributed by atoms with van der Waals surface area (Å²) in [6.07, 6.45) is 3.40. The Kier molecular flexibility index (Phi) is 5.38. The van der Waals surface area contributed by atoms with Crippen molar-refractivity contribution in [3.05, 3.63) is 24.3 Å². The summed E-state index contributed by atoms with van der Waals surface area (Å²) in [7, 11) is -3.07. The summed E-state index contributed by atoms with van der Waals surface area (Å²) in [5, 5.41) is 2.83. The second-order valence-electron chi connectivity index (χ2n) is 6.57. The molecule has 2 saturated heterocycles. The maximum Gasteiger partial charge on any atom is 0.227 e. The van der Waals surface area contributed by atoms with Crippen molar-refractivity contribution in [2.45, 2.75) is 30.2 Å². The molecule has 0 spiro atoms. The van der Waals surface area contributed by atoms with Gasteiger partial charge in [0.05, 0.1) is 17.4 Å². The number of nitrogens with one attached hydrogen (secondary N) is 1. The highest BCUT2D eigenvalue weighted by Crippen LogP contribution is 2.27. The summed E-state index contributed by atoms with van der Waals surface area (Å²) < 4.78 is 23.4. The molecular weight excluding hydrogens is 360 g/mol. The predicted octanol–water partition coefficient (Wildman–Crippen LogP) is 1.45. The molecule has 3 rings (SSSR count). The summed E-state index contributed by atoms with van der Waals surface area (Å²) in [5.74, 6) is -0.537. The molecule has 1 N–H and O–H groups in total. The Morgan fingerprint density at radius 1 is 1.28 bits per heavy atom. The Bertz CT molecular complexity index is 761. The topological polar surface area (TPSA) is 83.6 Å². The van der Waals surface area contributed by atoms with Crippen molar-refractivity contribution in [1.29, 1.82) is 0 Å². The average Bonchev–Trinajstić information content (AvgIpc) is 2.96. The molecule has 1 aromatic rings. The van der Waals surface area contributed by atoms with Crippen LogP contribution >= 0.6 is 11.8 Å². The van der Waals surface area contributed by atoms with E-state index in [0.717, 1.165) is 10.6 Å². The second-order valence-corrected chi connectivity index (χ2v) is 9.67. The van der Waals surface area contributed by atoms with Crippen LogP contribution in [0, 0.1) is 5.92 Å². The number of sulfone groups is 1. The molecule has 2 fully saturated rings. The third-order valence-corrected chi connectivity index (χ3v) is 7.25. The Hall–Kier alpha value is -1.54. The lowest BCUT2D eigenvalue weighted by Crippen LogP contribution is -2.45. The fourth-order valence-corrected chi connectivity index (χ4v) is 5.40. The van der Waals surface area contributed by atoms with E-state index >= 15 is 0 Å². The van der Waals surface area contributed by atoms with Crippen LogP contribution in [-0.2, 0) is 19.4 Å². The van der Waals surface area contributed by atoms with Gasteiger partial charge in [0.1, 0.15) is 0 Å². The fraction of sp³-hybridized carbons (Fsp3) is 0.529. The predicted molar refractivity (Wildman–Crippen MR) is 98.5 cm³/mol. The number of rotatable bonds is 4. The minimum atomic E-state index is -3.07.